The lowest BCUT2D eigenvalue weighted by atomic mass is 9.98. The number of nitrogens with two attached hydrogens (primary N) is 1. The van der Waals surface area contributed by atoms with Crippen molar-refractivity contribution >= 4 is 21.9 Å². The number of esters is 1. The van der Waals surface area contributed by atoms with Crippen LogP contribution in [0.2, 0.25) is 0 Å². The molecule has 2 atom stereocenters. The fraction of sp³-hybridized carbons (Fsp3) is 0.357. The van der Waals surface area contributed by atoms with Gasteiger partial charge in [0.2, 0.25) is 0 Å². The summed E-state index contributed by atoms with van der Waals surface area (Å²) in [5, 5.41) is 4.19. The fourth-order valence-corrected chi connectivity index (χ4v) is 2.34. The quantitative estimate of drug-likeness (QED) is 0.833. The third kappa shape index (κ3) is 3.48. The third-order valence-electron chi connectivity index (χ3n) is 3.25. The molecule has 2 N–H and O–H groups in total. The Balaban J connectivity index is 2.38. The molecule has 0 aliphatic carbocycles. The highest BCUT2D eigenvalue weighted by Crippen LogP contribution is 2.23. The molecule has 1 aromatic carbocycles. The third-order valence-corrected chi connectivity index (χ3v) is 3.78. The van der Waals surface area contributed by atoms with Gasteiger partial charge in [0.25, 0.3) is 5.82 Å². The molecule has 2 rings (SSSR count). The minimum atomic E-state index is -0.562. The molecule has 0 saturated heterocycles. The van der Waals surface area contributed by atoms with E-state index in [4.69, 9.17) is 5.73 Å². The average Bonchev–Trinajstić information content (AvgIpc) is 2.98. The molecule has 0 aliphatic rings. The van der Waals surface area contributed by atoms with E-state index in [-0.39, 0.29) is 17.9 Å². The van der Waals surface area contributed by atoms with E-state index < -0.39 is 5.97 Å². The van der Waals surface area contributed by atoms with E-state index in [1.165, 1.54) is 13.4 Å². The zero-order chi connectivity index (χ0) is 15.4. The molecule has 112 valence electrons. The van der Waals surface area contributed by atoms with Gasteiger partial charge in [0.15, 0.2) is 0 Å². The van der Waals surface area contributed by atoms with Crippen LogP contribution in [0.3, 0.4) is 0 Å². The smallest absolute Gasteiger partial charge is 0.377 e. The molecule has 1 heterocycles. The Morgan fingerprint density at radius 1 is 1.43 bits per heavy atom. The van der Waals surface area contributed by atoms with Gasteiger partial charge in [0.05, 0.1) is 13.2 Å². The second-order valence-corrected chi connectivity index (χ2v) is 5.52. The Labute approximate surface area is 131 Å². The van der Waals surface area contributed by atoms with Gasteiger partial charge in [-0.1, -0.05) is 35.0 Å². The van der Waals surface area contributed by atoms with Gasteiger partial charge in [0.1, 0.15) is 6.33 Å². The van der Waals surface area contributed by atoms with Gasteiger partial charge in [-0.25, -0.2) is 14.5 Å². The number of halogens is 1. The van der Waals surface area contributed by atoms with Crippen LogP contribution in [0.5, 0.6) is 0 Å². The van der Waals surface area contributed by atoms with Gasteiger partial charge < -0.3 is 10.5 Å². The SMILES string of the molecule is CCC(N)C(c1ccc(Br)cc1)n1cnc(C(=O)OC)n1. The number of methoxy groups -OCH3 is 1. The highest BCUT2D eigenvalue weighted by molar-refractivity contribution is 9.10. The molecule has 6 nitrogen and oxygen atoms in total. The summed E-state index contributed by atoms with van der Waals surface area (Å²) in [5.41, 5.74) is 7.23. The van der Waals surface area contributed by atoms with Crippen LogP contribution in [0.1, 0.15) is 35.6 Å². The van der Waals surface area contributed by atoms with Gasteiger partial charge in [-0.05, 0) is 24.1 Å². The van der Waals surface area contributed by atoms with Crippen LogP contribution in [0.25, 0.3) is 0 Å². The first-order valence-corrected chi connectivity index (χ1v) is 7.36. The zero-order valence-corrected chi connectivity index (χ0v) is 13.4. The number of carbonyl (C=O) groups excluding carboxylic acids is 1. The summed E-state index contributed by atoms with van der Waals surface area (Å²) >= 11 is 3.41. The number of hydrogen-bond donors (Lipinski definition) is 1. The maximum Gasteiger partial charge on any atom is 0.377 e. The highest BCUT2D eigenvalue weighted by atomic mass is 79.9. The number of benzene rings is 1. The second kappa shape index (κ2) is 6.82. The van der Waals surface area contributed by atoms with Crippen LogP contribution >= 0.6 is 15.9 Å². The predicted octanol–water partition coefficient (Wildman–Crippen LogP) is 2.15. The van der Waals surface area contributed by atoms with Crippen molar-refractivity contribution in [1.29, 1.82) is 0 Å². The van der Waals surface area contributed by atoms with Crippen molar-refractivity contribution in [3.8, 4) is 0 Å². The molecule has 0 bridgehead atoms. The first-order chi connectivity index (χ1) is 10.1. The van der Waals surface area contributed by atoms with Crippen LogP contribution in [0, 0.1) is 0 Å². The van der Waals surface area contributed by atoms with Crippen molar-refractivity contribution < 1.29 is 9.53 Å². The van der Waals surface area contributed by atoms with E-state index in [2.05, 4.69) is 30.7 Å². The minimum Gasteiger partial charge on any atom is -0.463 e. The number of ether oxygens (including phenoxy) is 1. The maximum absolute atomic E-state index is 11.5. The number of hydrogen-bond acceptors (Lipinski definition) is 5. The summed E-state index contributed by atoms with van der Waals surface area (Å²) in [6.07, 6.45) is 2.28. The van der Waals surface area contributed by atoms with Crippen molar-refractivity contribution in [2.24, 2.45) is 5.73 Å². The molecule has 0 aliphatic heterocycles. The summed E-state index contributed by atoms with van der Waals surface area (Å²) in [6, 6.07) is 7.52. The van der Waals surface area contributed by atoms with Gasteiger partial charge in [-0.15, -0.1) is 5.10 Å². The van der Waals surface area contributed by atoms with Gasteiger partial charge in [0, 0.05) is 10.5 Å². The molecule has 7 heteroatoms. The predicted molar refractivity (Wildman–Crippen MR) is 81.9 cm³/mol. The first-order valence-electron chi connectivity index (χ1n) is 6.57. The minimum absolute atomic E-state index is 0.0305. The summed E-state index contributed by atoms with van der Waals surface area (Å²) in [7, 11) is 1.30. The molecule has 0 fully saturated rings. The van der Waals surface area contributed by atoms with E-state index in [0.29, 0.717) is 0 Å². The van der Waals surface area contributed by atoms with Crippen LogP contribution in [-0.2, 0) is 4.74 Å². The summed E-state index contributed by atoms with van der Waals surface area (Å²) in [5.74, 6) is -0.531. The van der Waals surface area contributed by atoms with E-state index >= 15 is 0 Å². The van der Waals surface area contributed by atoms with Crippen molar-refractivity contribution in [2.45, 2.75) is 25.4 Å². The Kier molecular flexibility index (Phi) is 5.08. The Morgan fingerprint density at radius 2 is 2.10 bits per heavy atom. The topological polar surface area (TPSA) is 83.0 Å². The second-order valence-electron chi connectivity index (χ2n) is 4.61. The molecule has 2 unspecified atom stereocenters. The standard InChI is InChI=1S/C14H17BrN4O2/c1-3-11(16)12(9-4-6-10(15)7-5-9)19-8-17-13(18-19)14(20)21-2/h4-8,11-12H,3,16H2,1-2H3. The first kappa shape index (κ1) is 15.7. The van der Waals surface area contributed by atoms with Crippen molar-refractivity contribution in [3.05, 3.63) is 46.5 Å². The fourth-order valence-electron chi connectivity index (χ4n) is 2.07. The maximum atomic E-state index is 11.5. The van der Waals surface area contributed by atoms with E-state index in [1.54, 1.807) is 4.68 Å². The van der Waals surface area contributed by atoms with E-state index in [9.17, 15) is 4.79 Å². The number of aromatic nitrogens is 3. The number of rotatable bonds is 5. The van der Waals surface area contributed by atoms with Crippen molar-refractivity contribution in [1.82, 2.24) is 14.8 Å². The van der Waals surface area contributed by atoms with Crippen LogP contribution in [0.15, 0.2) is 35.1 Å². The molecular formula is C14H17BrN4O2. The van der Waals surface area contributed by atoms with Gasteiger partial charge in [-0.3, -0.25) is 0 Å². The highest BCUT2D eigenvalue weighted by Gasteiger charge is 2.23. The van der Waals surface area contributed by atoms with Crippen LogP contribution < -0.4 is 5.73 Å². The van der Waals surface area contributed by atoms with Crippen LogP contribution in [-0.4, -0.2) is 33.9 Å². The monoisotopic (exact) mass is 352 g/mol. The molecule has 0 saturated carbocycles. The molecule has 21 heavy (non-hydrogen) atoms. The van der Waals surface area contributed by atoms with Crippen molar-refractivity contribution in [3.63, 3.8) is 0 Å². The molecule has 0 spiro atoms. The molecule has 0 radical (unpaired) electrons. The molecule has 0 amide bonds. The number of carbonyl (C=O) groups is 1. The van der Waals surface area contributed by atoms with Gasteiger partial charge in [-0.2, -0.15) is 0 Å². The van der Waals surface area contributed by atoms with Crippen molar-refractivity contribution in [2.75, 3.05) is 7.11 Å². The van der Waals surface area contributed by atoms with E-state index in [1.807, 2.05) is 31.2 Å². The normalized spacial score (nSPS) is 13.7. The summed E-state index contributed by atoms with van der Waals surface area (Å²) in [4.78, 5) is 15.5. The van der Waals surface area contributed by atoms with E-state index in [0.717, 1.165) is 16.5 Å². The largest absolute Gasteiger partial charge is 0.463 e. The number of nitrogens with zero attached hydrogens (tertiary/aromatic N) is 3. The lowest BCUT2D eigenvalue weighted by Gasteiger charge is -2.23. The van der Waals surface area contributed by atoms with Gasteiger partial charge >= 0.3 is 5.97 Å². The lowest BCUT2D eigenvalue weighted by molar-refractivity contribution is 0.0586. The molecule has 1 aromatic heterocycles. The Hall–Kier alpha value is -1.73. The molecule has 2 aromatic rings. The average molecular weight is 353 g/mol. The Bertz CT molecular complexity index is 612. The zero-order valence-electron chi connectivity index (χ0n) is 11.9. The molecular weight excluding hydrogens is 336 g/mol. The lowest BCUT2D eigenvalue weighted by Crippen LogP contribution is -2.33. The Morgan fingerprint density at radius 3 is 2.67 bits per heavy atom. The summed E-state index contributed by atoms with van der Waals surface area (Å²) < 4.78 is 7.23. The van der Waals surface area contributed by atoms with Crippen LogP contribution in [0.4, 0.5) is 0 Å². The summed E-state index contributed by atoms with van der Waals surface area (Å²) in [6.45, 7) is 2.01.